The molecule has 0 radical (unpaired) electrons. The van der Waals surface area contributed by atoms with Gasteiger partial charge in [-0.15, -0.1) is 4.99 Å². The van der Waals surface area contributed by atoms with Crippen LogP contribution in [0, 0.1) is 26.2 Å². The molecular weight excluding hydrogens is 445 g/mol. The van der Waals surface area contributed by atoms with E-state index in [9.17, 15) is 13.2 Å². The topological polar surface area (TPSA) is 54.7 Å². The molecule has 0 amide bonds. The number of ether oxygens (including phenoxy) is 1. The van der Waals surface area contributed by atoms with E-state index in [2.05, 4.69) is 17.6 Å². The van der Waals surface area contributed by atoms with Gasteiger partial charge in [0, 0.05) is 16.3 Å². The standard InChI is InChI=1S/C22H25F3N2O2S2/c1-5-31(22(23,24)25)28-11-10-18-12-16(4)19(13-15(18)3)29-21(30)27-20(26)17-8-6-14(2)7-9-17/h5-9,12-13H,10-11H2,1-4H3,(H2,26,27,30)/p+1. The van der Waals surface area contributed by atoms with Crippen LogP contribution < -0.4 is 4.74 Å². The number of hydrogen-bond donors (Lipinski definition) is 1. The molecule has 1 N–H and O–H groups in total. The highest BCUT2D eigenvalue weighted by molar-refractivity contribution is 8.11. The molecule has 9 heteroatoms. The summed E-state index contributed by atoms with van der Waals surface area (Å²) in [7, 11) is -2.16. The van der Waals surface area contributed by atoms with Gasteiger partial charge in [-0.1, -0.05) is 35.9 Å². The molecule has 31 heavy (non-hydrogen) atoms. The lowest BCUT2D eigenvalue weighted by atomic mass is 10.0. The zero-order valence-corrected chi connectivity index (χ0v) is 19.6. The monoisotopic (exact) mass is 471 g/mol. The SMILES string of the molecule is C/C=S(\OCCc1cc(C)c(OC([SH2+])=NC(=N)c2ccc(C)cc2)cc1C)C(F)(F)F. The summed E-state index contributed by atoms with van der Waals surface area (Å²) >= 11 is 3.30. The Labute approximate surface area is 188 Å². The zero-order valence-electron chi connectivity index (χ0n) is 17.8. The van der Waals surface area contributed by atoms with E-state index in [-0.39, 0.29) is 17.7 Å². The summed E-state index contributed by atoms with van der Waals surface area (Å²) in [5, 5.41) is 9.27. The van der Waals surface area contributed by atoms with Crippen molar-refractivity contribution in [2.75, 3.05) is 6.61 Å². The quantitative estimate of drug-likeness (QED) is 0.263. The first-order valence-electron chi connectivity index (χ1n) is 9.47. The minimum Gasteiger partial charge on any atom is -0.402 e. The highest BCUT2D eigenvalue weighted by Gasteiger charge is 2.33. The number of halogens is 3. The fourth-order valence-corrected chi connectivity index (χ4v) is 3.76. The lowest BCUT2D eigenvalue weighted by Gasteiger charge is -2.14. The molecular formula is C22H26F3N2O2S2+. The Balaban J connectivity index is 2.06. The molecule has 2 aromatic carbocycles. The highest BCUT2D eigenvalue weighted by atomic mass is 32.2. The van der Waals surface area contributed by atoms with E-state index < -0.39 is 16.3 Å². The molecule has 0 heterocycles. The maximum absolute atomic E-state index is 12.8. The average molecular weight is 472 g/mol. The summed E-state index contributed by atoms with van der Waals surface area (Å²) < 4.78 is 49.1. The van der Waals surface area contributed by atoms with Crippen LogP contribution in [-0.2, 0) is 23.2 Å². The van der Waals surface area contributed by atoms with Crippen molar-refractivity contribution < 1.29 is 22.1 Å². The van der Waals surface area contributed by atoms with Crippen molar-refractivity contribution in [1.82, 2.24) is 0 Å². The summed E-state index contributed by atoms with van der Waals surface area (Å²) in [5.74, 6) is 0.602. The summed E-state index contributed by atoms with van der Waals surface area (Å²) in [4.78, 5) is 4.13. The van der Waals surface area contributed by atoms with Gasteiger partial charge in [-0.05, 0) is 62.2 Å². The van der Waals surface area contributed by atoms with Gasteiger partial charge in [0.25, 0.3) is 0 Å². The maximum atomic E-state index is 12.8. The van der Waals surface area contributed by atoms with Crippen LogP contribution in [0.1, 0.15) is 34.7 Å². The molecule has 1 atom stereocenters. The molecule has 0 saturated carbocycles. The van der Waals surface area contributed by atoms with Crippen molar-refractivity contribution in [3.63, 3.8) is 0 Å². The predicted molar refractivity (Wildman–Crippen MR) is 127 cm³/mol. The van der Waals surface area contributed by atoms with Crippen LogP contribution in [0.15, 0.2) is 41.4 Å². The van der Waals surface area contributed by atoms with Crippen molar-refractivity contribution in [3.05, 3.63) is 64.2 Å². The van der Waals surface area contributed by atoms with Crippen LogP contribution >= 0.6 is 10.8 Å². The van der Waals surface area contributed by atoms with Crippen LogP contribution in [-0.4, -0.2) is 28.5 Å². The van der Waals surface area contributed by atoms with E-state index in [1.165, 1.54) is 6.92 Å². The third kappa shape index (κ3) is 7.52. The second-order valence-corrected chi connectivity index (χ2v) is 9.02. The van der Waals surface area contributed by atoms with Crippen LogP contribution in [0.5, 0.6) is 5.75 Å². The normalized spacial score (nSPS) is 13.4. The number of aliphatic imine (C=N–C) groups is 1. The summed E-state index contributed by atoms with van der Waals surface area (Å²) in [5.41, 5.74) is -0.0826. The first-order valence-corrected chi connectivity index (χ1v) is 11.2. The van der Waals surface area contributed by atoms with Crippen molar-refractivity contribution in [2.24, 2.45) is 4.99 Å². The van der Waals surface area contributed by atoms with E-state index in [0.717, 1.165) is 27.6 Å². The van der Waals surface area contributed by atoms with E-state index >= 15 is 0 Å². The molecule has 0 fully saturated rings. The van der Waals surface area contributed by atoms with E-state index in [4.69, 9.17) is 14.3 Å². The van der Waals surface area contributed by atoms with Gasteiger partial charge in [0.2, 0.25) is 0 Å². The second kappa shape index (κ2) is 11.0. The molecule has 2 aromatic rings. The van der Waals surface area contributed by atoms with Crippen LogP contribution in [0.2, 0.25) is 0 Å². The Morgan fingerprint density at radius 3 is 2.35 bits per heavy atom. The van der Waals surface area contributed by atoms with E-state index in [1.54, 1.807) is 6.07 Å². The van der Waals surface area contributed by atoms with Gasteiger partial charge in [0.1, 0.15) is 5.75 Å². The second-order valence-electron chi connectivity index (χ2n) is 6.83. The lowest BCUT2D eigenvalue weighted by Crippen LogP contribution is -2.10. The average Bonchev–Trinajstić information content (AvgIpc) is 2.68. The number of aryl methyl sites for hydroxylation is 3. The molecule has 0 aliphatic heterocycles. The third-order valence-electron chi connectivity index (χ3n) is 4.40. The van der Waals surface area contributed by atoms with Gasteiger partial charge >= 0.3 is 10.7 Å². The van der Waals surface area contributed by atoms with Gasteiger partial charge in [0.05, 0.1) is 19.2 Å². The minimum absolute atomic E-state index is 0.0357. The van der Waals surface area contributed by atoms with Gasteiger partial charge in [0.15, 0.2) is 5.84 Å². The summed E-state index contributed by atoms with van der Waals surface area (Å²) in [6, 6.07) is 11.1. The van der Waals surface area contributed by atoms with Crippen molar-refractivity contribution in [3.8, 4) is 5.75 Å². The Hall–Kier alpha value is -2.10. The number of nitrogens with zero attached hydrogens (tertiary/aromatic N) is 1. The minimum atomic E-state index is -4.38. The molecule has 0 spiro atoms. The van der Waals surface area contributed by atoms with Crippen LogP contribution in [0.25, 0.3) is 0 Å². The predicted octanol–water partition coefficient (Wildman–Crippen LogP) is 5.47. The maximum Gasteiger partial charge on any atom is 0.460 e. The Kier molecular flexibility index (Phi) is 8.90. The summed E-state index contributed by atoms with van der Waals surface area (Å²) in [6.07, 6.45) is 0.354. The molecule has 0 aliphatic carbocycles. The van der Waals surface area contributed by atoms with Gasteiger partial charge in [-0.2, -0.15) is 13.2 Å². The Bertz CT molecular complexity index is 1000. The molecule has 4 nitrogen and oxygen atoms in total. The van der Waals surface area contributed by atoms with Crippen LogP contribution in [0.3, 0.4) is 0 Å². The Morgan fingerprint density at radius 2 is 1.77 bits per heavy atom. The number of benzene rings is 2. The first-order chi connectivity index (χ1) is 14.5. The number of amidine groups is 1. The van der Waals surface area contributed by atoms with E-state index in [0.29, 0.717) is 17.7 Å². The van der Waals surface area contributed by atoms with E-state index in [1.807, 2.05) is 51.1 Å². The van der Waals surface area contributed by atoms with Gasteiger partial charge in [-0.3, -0.25) is 5.41 Å². The van der Waals surface area contributed by atoms with Crippen molar-refractivity contribution in [2.45, 2.75) is 39.6 Å². The molecule has 168 valence electrons. The molecule has 0 bridgehead atoms. The van der Waals surface area contributed by atoms with Crippen molar-refractivity contribution in [1.29, 1.82) is 5.41 Å². The molecule has 1 unspecified atom stereocenters. The largest absolute Gasteiger partial charge is 0.460 e. The molecule has 0 aromatic heterocycles. The highest BCUT2D eigenvalue weighted by Crippen LogP contribution is 2.37. The first kappa shape index (κ1) is 25.2. The molecule has 2 rings (SSSR count). The molecule has 0 saturated heterocycles. The van der Waals surface area contributed by atoms with Crippen molar-refractivity contribution >= 4 is 39.8 Å². The van der Waals surface area contributed by atoms with Gasteiger partial charge < -0.3 is 8.92 Å². The fraction of sp³-hybridized carbons (Fsp3) is 0.318. The number of alkyl halides is 3. The lowest BCUT2D eigenvalue weighted by molar-refractivity contribution is -0.0405. The van der Waals surface area contributed by atoms with Crippen LogP contribution in [0.4, 0.5) is 13.2 Å². The summed E-state index contributed by atoms with van der Waals surface area (Å²) in [6.45, 7) is 6.97. The third-order valence-corrected chi connectivity index (χ3v) is 5.92. The fourth-order valence-electron chi connectivity index (χ4n) is 2.74. The number of hydrogen-bond acceptors (Lipinski definition) is 3. The smallest absolute Gasteiger partial charge is 0.402 e. The molecule has 0 aliphatic rings. The van der Waals surface area contributed by atoms with Gasteiger partial charge in [-0.25, -0.2) is 0 Å². The number of rotatable bonds is 6. The Morgan fingerprint density at radius 1 is 1.13 bits per heavy atom. The number of nitrogens with one attached hydrogen (secondary N) is 1. The zero-order chi connectivity index (χ0) is 23.2.